The fraction of sp³-hybridized carbons (Fsp3) is 0.278. The molecule has 0 aliphatic rings. The summed E-state index contributed by atoms with van der Waals surface area (Å²) in [7, 11) is 1.83. The lowest BCUT2D eigenvalue weighted by Gasteiger charge is -2.12. The van der Waals surface area contributed by atoms with Gasteiger partial charge in [0, 0.05) is 18.3 Å². The molecule has 134 valence electrons. The zero-order chi connectivity index (χ0) is 18.3. The monoisotopic (exact) mass is 352 g/mol. The topological polar surface area (TPSA) is 42.8 Å². The Labute approximate surface area is 144 Å². The van der Waals surface area contributed by atoms with E-state index in [0.717, 1.165) is 23.2 Å². The van der Waals surface area contributed by atoms with Crippen molar-refractivity contribution in [2.24, 2.45) is 5.16 Å². The number of anilines is 1. The molecule has 0 aliphatic heterocycles. The summed E-state index contributed by atoms with van der Waals surface area (Å²) in [4.78, 5) is 5.32. The van der Waals surface area contributed by atoms with Gasteiger partial charge in [-0.05, 0) is 35.7 Å². The van der Waals surface area contributed by atoms with Crippen LogP contribution in [0.2, 0.25) is 0 Å². The van der Waals surface area contributed by atoms with Crippen LogP contribution in [0.1, 0.15) is 23.6 Å². The van der Waals surface area contributed by atoms with Crippen molar-refractivity contribution in [2.45, 2.75) is 26.3 Å². The molecule has 0 bridgehead atoms. The molecule has 0 heterocycles. The van der Waals surface area contributed by atoms with Crippen LogP contribution in [0.15, 0.2) is 47.6 Å². The fourth-order valence-electron chi connectivity index (χ4n) is 2.36. The van der Waals surface area contributed by atoms with Crippen LogP contribution in [0.5, 0.6) is 5.75 Å². The molecule has 0 aromatic heterocycles. The van der Waals surface area contributed by atoms with Gasteiger partial charge in [-0.2, -0.15) is 0 Å². The Kier molecular flexibility index (Phi) is 6.27. The van der Waals surface area contributed by atoms with Crippen molar-refractivity contribution < 1.29 is 22.7 Å². The van der Waals surface area contributed by atoms with Gasteiger partial charge < -0.3 is 14.9 Å². The summed E-state index contributed by atoms with van der Waals surface area (Å²) in [6.07, 6.45) is -2.52. The normalized spacial score (nSPS) is 11.6. The SMILES string of the molecule is CCc1cccc(NC)c1CO/N=C\c1cccc(OC(F)(F)F)c1. The number of aryl methyl sites for hydroxylation is 1. The average Bonchev–Trinajstić information content (AvgIpc) is 2.57. The predicted octanol–water partition coefficient (Wildman–Crippen LogP) is 4.74. The summed E-state index contributed by atoms with van der Waals surface area (Å²) in [5, 5.41) is 6.94. The van der Waals surface area contributed by atoms with Gasteiger partial charge in [-0.3, -0.25) is 0 Å². The van der Waals surface area contributed by atoms with Crippen LogP contribution in [0.3, 0.4) is 0 Å². The smallest absolute Gasteiger partial charge is 0.406 e. The molecule has 4 nitrogen and oxygen atoms in total. The molecule has 0 saturated carbocycles. The van der Waals surface area contributed by atoms with E-state index in [1.165, 1.54) is 24.4 Å². The number of benzene rings is 2. The number of halogens is 3. The minimum atomic E-state index is -4.72. The molecule has 0 atom stereocenters. The number of ether oxygens (including phenoxy) is 1. The largest absolute Gasteiger partial charge is 0.573 e. The molecule has 0 fully saturated rings. The quantitative estimate of drug-likeness (QED) is 0.578. The number of hydrogen-bond donors (Lipinski definition) is 1. The first kappa shape index (κ1) is 18.6. The Bertz CT molecular complexity index is 708. The van der Waals surface area contributed by atoms with Crippen LogP contribution in [-0.2, 0) is 17.9 Å². The Morgan fingerprint density at radius 2 is 1.92 bits per heavy atom. The van der Waals surface area contributed by atoms with E-state index in [9.17, 15) is 13.2 Å². The molecular weight excluding hydrogens is 333 g/mol. The molecule has 2 aromatic carbocycles. The standard InChI is InChI=1S/C18H19F3N2O2/c1-3-14-7-5-9-17(22-2)16(14)12-24-23-11-13-6-4-8-15(10-13)25-18(19,20)21/h4-11,22H,3,12H2,1-2H3/b23-11-. The van der Waals surface area contributed by atoms with Gasteiger partial charge in [0.15, 0.2) is 0 Å². The molecule has 0 saturated heterocycles. The molecule has 0 aliphatic carbocycles. The van der Waals surface area contributed by atoms with Gasteiger partial charge in [0.1, 0.15) is 12.4 Å². The minimum absolute atomic E-state index is 0.259. The first-order chi connectivity index (χ1) is 11.9. The Hall–Kier alpha value is -2.70. The zero-order valence-electron chi connectivity index (χ0n) is 13.9. The van der Waals surface area contributed by atoms with Crippen molar-refractivity contribution >= 4 is 11.9 Å². The number of nitrogens with one attached hydrogen (secondary N) is 1. The van der Waals surface area contributed by atoms with Gasteiger partial charge in [-0.15, -0.1) is 13.2 Å². The highest BCUT2D eigenvalue weighted by atomic mass is 19.4. The number of rotatable bonds is 7. The fourth-order valence-corrected chi connectivity index (χ4v) is 2.36. The maximum atomic E-state index is 12.2. The number of oxime groups is 1. The van der Waals surface area contributed by atoms with E-state index >= 15 is 0 Å². The minimum Gasteiger partial charge on any atom is -0.406 e. The van der Waals surface area contributed by atoms with E-state index in [4.69, 9.17) is 4.84 Å². The maximum Gasteiger partial charge on any atom is 0.573 e. The van der Waals surface area contributed by atoms with Gasteiger partial charge in [-0.1, -0.05) is 36.3 Å². The van der Waals surface area contributed by atoms with E-state index < -0.39 is 6.36 Å². The predicted molar refractivity (Wildman–Crippen MR) is 90.9 cm³/mol. The van der Waals surface area contributed by atoms with Gasteiger partial charge in [-0.25, -0.2) is 0 Å². The number of alkyl halides is 3. The highest BCUT2D eigenvalue weighted by Crippen LogP contribution is 2.23. The van der Waals surface area contributed by atoms with Crippen molar-refractivity contribution in [3.8, 4) is 5.75 Å². The highest BCUT2D eigenvalue weighted by molar-refractivity contribution is 5.79. The summed E-state index contributed by atoms with van der Waals surface area (Å²) in [5.74, 6) is -0.301. The van der Waals surface area contributed by atoms with Crippen LogP contribution < -0.4 is 10.1 Å². The van der Waals surface area contributed by atoms with Crippen LogP contribution in [0.4, 0.5) is 18.9 Å². The van der Waals surface area contributed by atoms with Crippen LogP contribution in [-0.4, -0.2) is 19.6 Å². The van der Waals surface area contributed by atoms with E-state index in [-0.39, 0.29) is 12.4 Å². The second-order valence-corrected chi connectivity index (χ2v) is 5.18. The zero-order valence-corrected chi connectivity index (χ0v) is 13.9. The molecule has 2 rings (SSSR count). The summed E-state index contributed by atoms with van der Waals surface area (Å²) in [6.45, 7) is 2.31. The van der Waals surface area contributed by atoms with E-state index in [2.05, 4.69) is 15.2 Å². The third-order valence-electron chi connectivity index (χ3n) is 3.50. The maximum absolute atomic E-state index is 12.2. The molecule has 0 amide bonds. The van der Waals surface area contributed by atoms with E-state index in [1.54, 1.807) is 6.07 Å². The Morgan fingerprint density at radius 1 is 1.16 bits per heavy atom. The number of hydrogen-bond acceptors (Lipinski definition) is 4. The molecule has 1 N–H and O–H groups in total. The lowest BCUT2D eigenvalue weighted by Crippen LogP contribution is -2.17. The van der Waals surface area contributed by atoms with E-state index in [1.807, 2.05) is 32.2 Å². The molecular formula is C18H19F3N2O2. The summed E-state index contributed by atoms with van der Waals surface area (Å²) >= 11 is 0. The van der Waals surface area contributed by atoms with Crippen LogP contribution >= 0.6 is 0 Å². The number of nitrogens with zero attached hydrogens (tertiary/aromatic N) is 1. The lowest BCUT2D eigenvalue weighted by atomic mass is 10.0. The summed E-state index contributed by atoms with van der Waals surface area (Å²) in [5.41, 5.74) is 3.54. The van der Waals surface area contributed by atoms with Gasteiger partial charge in [0.05, 0.1) is 6.21 Å². The first-order valence-corrected chi connectivity index (χ1v) is 7.72. The molecule has 2 aromatic rings. The first-order valence-electron chi connectivity index (χ1n) is 7.72. The van der Waals surface area contributed by atoms with Crippen molar-refractivity contribution in [2.75, 3.05) is 12.4 Å². The van der Waals surface area contributed by atoms with Gasteiger partial charge in [0.25, 0.3) is 0 Å². The third-order valence-corrected chi connectivity index (χ3v) is 3.50. The Morgan fingerprint density at radius 3 is 2.60 bits per heavy atom. The molecule has 0 radical (unpaired) electrons. The van der Waals surface area contributed by atoms with Crippen molar-refractivity contribution in [3.63, 3.8) is 0 Å². The summed E-state index contributed by atoms with van der Waals surface area (Å²) < 4.78 is 40.5. The average molecular weight is 352 g/mol. The molecule has 25 heavy (non-hydrogen) atoms. The summed E-state index contributed by atoms with van der Waals surface area (Å²) in [6, 6.07) is 11.4. The van der Waals surface area contributed by atoms with Crippen LogP contribution in [0.25, 0.3) is 0 Å². The second-order valence-electron chi connectivity index (χ2n) is 5.18. The molecule has 0 unspecified atom stereocenters. The van der Waals surface area contributed by atoms with Crippen molar-refractivity contribution in [1.29, 1.82) is 0 Å². The van der Waals surface area contributed by atoms with Gasteiger partial charge >= 0.3 is 6.36 Å². The highest BCUT2D eigenvalue weighted by Gasteiger charge is 2.31. The van der Waals surface area contributed by atoms with Gasteiger partial charge in [0.2, 0.25) is 0 Å². The Balaban J connectivity index is 2.02. The lowest BCUT2D eigenvalue weighted by molar-refractivity contribution is -0.274. The molecule has 7 heteroatoms. The van der Waals surface area contributed by atoms with Crippen LogP contribution in [0, 0.1) is 0 Å². The molecule has 0 spiro atoms. The van der Waals surface area contributed by atoms with Crippen molar-refractivity contribution in [3.05, 3.63) is 59.2 Å². The van der Waals surface area contributed by atoms with Crippen molar-refractivity contribution in [1.82, 2.24) is 0 Å². The third kappa shape index (κ3) is 5.70. The second kappa shape index (κ2) is 8.41. The van der Waals surface area contributed by atoms with E-state index in [0.29, 0.717) is 5.56 Å².